The van der Waals surface area contributed by atoms with Crippen molar-refractivity contribution in [2.75, 3.05) is 10.6 Å². The van der Waals surface area contributed by atoms with Gasteiger partial charge in [0, 0.05) is 10.6 Å². The minimum absolute atomic E-state index is 0.0499. The fourth-order valence-electron chi connectivity index (χ4n) is 2.93. The number of alkyl halides is 3. The van der Waals surface area contributed by atoms with Gasteiger partial charge in [0.2, 0.25) is 5.91 Å². The highest BCUT2D eigenvalue weighted by Gasteiger charge is 2.42. The quantitative estimate of drug-likeness (QED) is 0.209. The monoisotopic (exact) mass is 520 g/mol. The van der Waals surface area contributed by atoms with Crippen LogP contribution in [-0.4, -0.2) is 17.1 Å². The predicted octanol–water partition coefficient (Wildman–Crippen LogP) is 6.62. The van der Waals surface area contributed by atoms with E-state index < -0.39 is 57.8 Å². The molecule has 0 spiro atoms. The van der Waals surface area contributed by atoms with E-state index in [9.17, 15) is 40.3 Å². The van der Waals surface area contributed by atoms with Crippen molar-refractivity contribution in [3.8, 4) is 0 Å². The van der Waals surface area contributed by atoms with Crippen LogP contribution in [-0.2, 0) is 11.0 Å². The van der Waals surface area contributed by atoms with E-state index in [-0.39, 0.29) is 12.2 Å². The molecule has 35 heavy (non-hydrogen) atoms. The number of hydrogen-bond donors (Lipinski definition) is 2. The second kappa shape index (κ2) is 10.4. The normalized spacial score (nSPS) is 12.3. The molecule has 1 heterocycles. The number of thioether (sulfide) groups is 1. The highest BCUT2D eigenvalue weighted by molar-refractivity contribution is 8.00. The first kappa shape index (κ1) is 26.1. The molecule has 1 atom stereocenters. The summed E-state index contributed by atoms with van der Waals surface area (Å²) < 4.78 is 99.1. The Hall–Kier alpha value is -3.48. The van der Waals surface area contributed by atoms with Crippen LogP contribution in [0.2, 0.25) is 0 Å². The van der Waals surface area contributed by atoms with Crippen LogP contribution >= 0.6 is 11.8 Å². The first-order valence-corrected chi connectivity index (χ1v) is 10.7. The van der Waals surface area contributed by atoms with Gasteiger partial charge in [0.05, 0.1) is 11.5 Å². The predicted molar refractivity (Wildman–Crippen MR) is 113 cm³/mol. The minimum atomic E-state index is -5.70. The number of carbonyl (C=O) groups excluding carboxylic acids is 2. The number of furan rings is 1. The Kier molecular flexibility index (Phi) is 7.78. The lowest BCUT2D eigenvalue weighted by atomic mass is 10.1. The molecule has 186 valence electrons. The number of anilines is 2. The van der Waals surface area contributed by atoms with E-state index in [1.165, 1.54) is 31.4 Å². The van der Waals surface area contributed by atoms with Crippen molar-refractivity contribution in [1.29, 1.82) is 0 Å². The van der Waals surface area contributed by atoms with Crippen LogP contribution < -0.4 is 10.6 Å². The zero-order valence-corrected chi connectivity index (χ0v) is 18.4. The number of benzene rings is 2. The molecule has 0 radical (unpaired) electrons. The van der Waals surface area contributed by atoms with Crippen molar-refractivity contribution in [3.05, 3.63) is 77.3 Å². The zero-order chi connectivity index (χ0) is 25.9. The molecule has 0 aliphatic heterocycles. The van der Waals surface area contributed by atoms with Crippen LogP contribution in [0.5, 0.6) is 0 Å². The largest absolute Gasteiger partial charge is 0.459 e. The molecule has 5 nitrogen and oxygen atoms in total. The van der Waals surface area contributed by atoms with Crippen molar-refractivity contribution in [1.82, 2.24) is 0 Å². The molecule has 0 aliphatic carbocycles. The highest BCUT2D eigenvalue weighted by atomic mass is 32.2. The second-order valence-electron chi connectivity index (χ2n) is 6.97. The molecule has 0 aliphatic rings. The van der Waals surface area contributed by atoms with Gasteiger partial charge in [-0.3, -0.25) is 9.59 Å². The van der Waals surface area contributed by atoms with Gasteiger partial charge in [-0.1, -0.05) is 13.0 Å². The Morgan fingerprint density at radius 2 is 1.63 bits per heavy atom. The second-order valence-corrected chi connectivity index (χ2v) is 8.24. The van der Waals surface area contributed by atoms with E-state index >= 15 is 0 Å². The van der Waals surface area contributed by atoms with E-state index in [1.807, 2.05) is 0 Å². The molecular weight excluding hydrogens is 505 g/mol. The summed E-state index contributed by atoms with van der Waals surface area (Å²) in [4.78, 5) is 25.1. The van der Waals surface area contributed by atoms with Gasteiger partial charge < -0.3 is 15.1 Å². The molecule has 1 unspecified atom stereocenters. The Morgan fingerprint density at radius 3 is 2.17 bits per heavy atom. The lowest BCUT2D eigenvalue weighted by Gasteiger charge is -2.18. The Labute approximate surface area is 197 Å². The Bertz CT molecular complexity index is 1220. The first-order valence-electron chi connectivity index (χ1n) is 9.79. The maximum Gasteiger partial charge on any atom is 0.422 e. The average Bonchev–Trinajstić information content (AvgIpc) is 3.33. The lowest BCUT2D eigenvalue weighted by molar-refractivity contribution is -0.143. The highest BCUT2D eigenvalue weighted by Crippen LogP contribution is 2.39. The van der Waals surface area contributed by atoms with Crippen molar-refractivity contribution in [3.63, 3.8) is 0 Å². The molecule has 0 saturated heterocycles. The van der Waals surface area contributed by atoms with Gasteiger partial charge in [-0.15, -0.1) is 11.8 Å². The number of rotatable bonds is 7. The standard InChI is InChI=1S/C22H15F7N2O3S/c1-2-13(35-11-6-3-5-10(9-11)30-20(32)12-7-4-8-34-12)21(33)31-19-17(25)15(23)14(22(27,28)29)16(24)18(19)26/h3-9,13H,2H2,1H3,(H,30,32)(H,31,33). The molecule has 3 rings (SSSR count). The Morgan fingerprint density at radius 1 is 0.971 bits per heavy atom. The molecule has 2 aromatic carbocycles. The topological polar surface area (TPSA) is 71.3 Å². The van der Waals surface area contributed by atoms with Crippen LogP contribution in [0.3, 0.4) is 0 Å². The number of halogens is 7. The maximum absolute atomic E-state index is 14.1. The summed E-state index contributed by atoms with van der Waals surface area (Å²) in [7, 11) is 0. The number of hydrogen-bond acceptors (Lipinski definition) is 4. The molecule has 3 aromatic rings. The number of carbonyl (C=O) groups is 2. The third-order valence-electron chi connectivity index (χ3n) is 4.57. The summed E-state index contributed by atoms with van der Waals surface area (Å²) in [6.45, 7) is 1.53. The summed E-state index contributed by atoms with van der Waals surface area (Å²) in [6, 6.07) is 9.10. The maximum atomic E-state index is 14.1. The molecule has 2 amide bonds. The van der Waals surface area contributed by atoms with E-state index in [0.717, 1.165) is 11.8 Å². The van der Waals surface area contributed by atoms with Gasteiger partial charge >= 0.3 is 6.18 Å². The van der Waals surface area contributed by atoms with E-state index in [2.05, 4.69) is 5.32 Å². The van der Waals surface area contributed by atoms with Crippen LogP contribution in [0.15, 0.2) is 52.0 Å². The number of amides is 2. The first-order chi connectivity index (χ1) is 16.4. The van der Waals surface area contributed by atoms with Gasteiger partial charge in [-0.05, 0) is 36.8 Å². The molecular formula is C22H15F7N2O3S. The van der Waals surface area contributed by atoms with Crippen molar-refractivity contribution >= 4 is 35.0 Å². The molecule has 0 fully saturated rings. The SMILES string of the molecule is CCC(Sc1cccc(NC(=O)c2ccco2)c1)C(=O)Nc1c(F)c(F)c(C(F)(F)F)c(F)c1F. The fraction of sp³-hybridized carbons (Fsp3) is 0.182. The van der Waals surface area contributed by atoms with E-state index in [1.54, 1.807) is 23.5 Å². The van der Waals surface area contributed by atoms with E-state index in [0.29, 0.717) is 10.6 Å². The van der Waals surface area contributed by atoms with Gasteiger partial charge in [0.15, 0.2) is 29.0 Å². The molecule has 1 aromatic heterocycles. The van der Waals surface area contributed by atoms with Gasteiger partial charge in [0.1, 0.15) is 11.3 Å². The average molecular weight is 520 g/mol. The van der Waals surface area contributed by atoms with Gasteiger partial charge in [-0.25, -0.2) is 17.6 Å². The summed E-state index contributed by atoms with van der Waals surface area (Å²) in [6.07, 6.45) is -4.32. The van der Waals surface area contributed by atoms with Crippen LogP contribution in [0, 0.1) is 23.3 Å². The molecule has 2 N–H and O–H groups in total. The molecule has 13 heteroatoms. The van der Waals surface area contributed by atoms with Crippen molar-refractivity contribution in [2.24, 2.45) is 0 Å². The Balaban J connectivity index is 1.79. The van der Waals surface area contributed by atoms with Crippen molar-refractivity contribution < 1.29 is 44.7 Å². The number of nitrogens with one attached hydrogen (secondary N) is 2. The minimum Gasteiger partial charge on any atom is -0.459 e. The summed E-state index contributed by atoms with van der Waals surface area (Å²) in [5.41, 5.74) is -4.08. The van der Waals surface area contributed by atoms with E-state index in [4.69, 9.17) is 4.42 Å². The van der Waals surface area contributed by atoms with Crippen molar-refractivity contribution in [2.45, 2.75) is 29.7 Å². The smallest absolute Gasteiger partial charge is 0.422 e. The van der Waals surface area contributed by atoms with Crippen LogP contribution in [0.25, 0.3) is 0 Å². The molecule has 0 bridgehead atoms. The van der Waals surface area contributed by atoms with Gasteiger partial charge in [-0.2, -0.15) is 13.2 Å². The summed E-state index contributed by atoms with van der Waals surface area (Å²) >= 11 is 0.883. The summed E-state index contributed by atoms with van der Waals surface area (Å²) in [5.74, 6) is -11.7. The third kappa shape index (κ3) is 5.78. The third-order valence-corrected chi connectivity index (χ3v) is 5.93. The molecule has 0 saturated carbocycles. The lowest BCUT2D eigenvalue weighted by Crippen LogP contribution is -2.27. The van der Waals surface area contributed by atoms with Gasteiger partial charge in [0.25, 0.3) is 5.91 Å². The van der Waals surface area contributed by atoms with Crippen LogP contribution in [0.1, 0.15) is 29.5 Å². The zero-order valence-electron chi connectivity index (χ0n) is 17.6. The fourth-order valence-corrected chi connectivity index (χ4v) is 3.94. The summed E-state index contributed by atoms with van der Waals surface area (Å²) in [5, 5.41) is 3.13. The van der Waals surface area contributed by atoms with Crippen LogP contribution in [0.4, 0.5) is 42.1 Å².